The van der Waals surface area contributed by atoms with Crippen LogP contribution in [0.5, 0.6) is 0 Å². The number of hydrogen-bond acceptors (Lipinski definition) is 4. The Bertz CT molecular complexity index is 1220. The lowest BCUT2D eigenvalue weighted by atomic mass is 10.0. The van der Waals surface area contributed by atoms with Gasteiger partial charge in [0.2, 0.25) is 5.43 Å². The van der Waals surface area contributed by atoms with Gasteiger partial charge in [0.05, 0.1) is 22.6 Å². The first-order valence-corrected chi connectivity index (χ1v) is 10.6. The van der Waals surface area contributed by atoms with Crippen LogP contribution in [0.2, 0.25) is 0 Å². The predicted octanol–water partition coefficient (Wildman–Crippen LogP) is 3.07. The summed E-state index contributed by atoms with van der Waals surface area (Å²) in [5, 5.41) is 3.55. The molecule has 0 aliphatic carbocycles. The second kappa shape index (κ2) is 7.09. The van der Waals surface area contributed by atoms with Gasteiger partial charge in [-0.1, -0.05) is 13.8 Å². The van der Waals surface area contributed by atoms with E-state index in [1.54, 1.807) is 12.3 Å². The molecule has 0 saturated carbocycles. The number of carbonyl (C=O) groups excluding carboxylic acids is 1. The summed E-state index contributed by atoms with van der Waals surface area (Å²) < 4.78 is 18.6. The fourth-order valence-electron chi connectivity index (χ4n) is 4.56. The van der Waals surface area contributed by atoms with Gasteiger partial charge < -0.3 is 14.8 Å². The fraction of sp³-hybridized carbons (Fsp3) is 0.391. The van der Waals surface area contributed by atoms with Crippen LogP contribution >= 0.6 is 0 Å². The van der Waals surface area contributed by atoms with Crippen LogP contribution in [0.4, 0.5) is 10.1 Å². The number of pyridine rings is 1. The average molecular weight is 408 g/mol. The molecule has 0 unspecified atom stereocenters. The summed E-state index contributed by atoms with van der Waals surface area (Å²) in [6, 6.07) is 6.80. The summed E-state index contributed by atoms with van der Waals surface area (Å²) in [6.07, 6.45) is 2.57. The first-order valence-electron chi connectivity index (χ1n) is 10.6. The van der Waals surface area contributed by atoms with Crippen molar-refractivity contribution >= 4 is 22.5 Å². The Kier molecular flexibility index (Phi) is 4.50. The van der Waals surface area contributed by atoms with Crippen molar-refractivity contribution in [2.45, 2.75) is 26.8 Å². The lowest BCUT2D eigenvalue weighted by Crippen LogP contribution is -2.43. The minimum atomic E-state index is -0.415. The molecule has 1 fully saturated rings. The molecule has 4 heterocycles. The number of halogens is 1. The van der Waals surface area contributed by atoms with E-state index in [9.17, 15) is 9.59 Å². The second-order valence-corrected chi connectivity index (χ2v) is 8.51. The molecule has 1 N–H and O–H groups in total. The molecule has 156 valence electrons. The molecule has 2 aliphatic rings. The van der Waals surface area contributed by atoms with Crippen LogP contribution in [-0.2, 0) is 6.54 Å². The lowest BCUT2D eigenvalue weighted by molar-refractivity contribution is 0.0968. The van der Waals surface area contributed by atoms with Gasteiger partial charge in [-0.05, 0) is 36.6 Å². The second-order valence-electron chi connectivity index (χ2n) is 8.51. The highest BCUT2D eigenvalue weighted by molar-refractivity contribution is 6.10. The van der Waals surface area contributed by atoms with Gasteiger partial charge in [-0.3, -0.25) is 14.2 Å². The molecule has 0 radical (unpaired) electrons. The quantitative estimate of drug-likeness (QED) is 0.564. The topological polar surface area (TPSA) is 59.3 Å². The third-order valence-electron chi connectivity index (χ3n) is 6.15. The molecular formula is C23H25FN4O2. The Labute approximate surface area is 173 Å². The molecule has 2 aromatic heterocycles. The van der Waals surface area contributed by atoms with Crippen LogP contribution in [0.3, 0.4) is 0 Å². The Morgan fingerprint density at radius 2 is 1.93 bits per heavy atom. The van der Waals surface area contributed by atoms with Crippen molar-refractivity contribution in [3.8, 4) is 11.4 Å². The van der Waals surface area contributed by atoms with Gasteiger partial charge in [-0.25, -0.2) is 4.39 Å². The molecule has 6 nitrogen and oxygen atoms in total. The Morgan fingerprint density at radius 3 is 2.67 bits per heavy atom. The zero-order valence-electron chi connectivity index (χ0n) is 17.2. The fourth-order valence-corrected chi connectivity index (χ4v) is 4.56. The van der Waals surface area contributed by atoms with Crippen LogP contribution < -0.4 is 15.6 Å². The Balaban J connectivity index is 1.81. The maximum absolute atomic E-state index is 15.1. The van der Waals surface area contributed by atoms with E-state index in [-0.39, 0.29) is 22.3 Å². The van der Waals surface area contributed by atoms with Crippen molar-refractivity contribution in [1.29, 1.82) is 0 Å². The van der Waals surface area contributed by atoms with Gasteiger partial charge in [-0.15, -0.1) is 0 Å². The van der Waals surface area contributed by atoms with Crippen molar-refractivity contribution in [2.24, 2.45) is 5.92 Å². The lowest BCUT2D eigenvalue weighted by Gasteiger charge is -2.30. The van der Waals surface area contributed by atoms with Crippen molar-refractivity contribution in [3.63, 3.8) is 0 Å². The van der Waals surface area contributed by atoms with Crippen molar-refractivity contribution in [2.75, 3.05) is 31.1 Å². The Morgan fingerprint density at radius 1 is 1.17 bits per heavy atom. The van der Waals surface area contributed by atoms with Gasteiger partial charge in [-0.2, -0.15) is 0 Å². The highest BCUT2D eigenvalue weighted by Gasteiger charge is 2.33. The molecule has 0 bridgehead atoms. The first-order chi connectivity index (χ1) is 14.5. The number of fused-ring (bicyclic) bond motifs is 4. The van der Waals surface area contributed by atoms with E-state index in [4.69, 9.17) is 0 Å². The molecule has 0 spiro atoms. The average Bonchev–Trinajstić information content (AvgIpc) is 3.31. The van der Waals surface area contributed by atoms with Crippen LogP contribution in [0, 0.1) is 11.7 Å². The van der Waals surface area contributed by atoms with Crippen molar-refractivity contribution in [3.05, 3.63) is 52.1 Å². The largest absolute Gasteiger partial charge is 0.367 e. The molecule has 0 amide bonds. The van der Waals surface area contributed by atoms with Crippen molar-refractivity contribution < 1.29 is 9.18 Å². The number of benzene rings is 1. The highest BCUT2D eigenvalue weighted by atomic mass is 19.1. The first kappa shape index (κ1) is 19.1. The number of rotatable bonds is 4. The van der Waals surface area contributed by atoms with E-state index < -0.39 is 5.82 Å². The van der Waals surface area contributed by atoms with E-state index in [1.165, 1.54) is 10.6 Å². The Hall–Kier alpha value is -2.93. The van der Waals surface area contributed by atoms with Crippen LogP contribution in [-0.4, -0.2) is 41.2 Å². The van der Waals surface area contributed by atoms with Gasteiger partial charge in [0.25, 0.3) is 5.91 Å². The molecule has 30 heavy (non-hydrogen) atoms. The highest BCUT2D eigenvalue weighted by Crippen LogP contribution is 2.35. The number of piperazine rings is 1. The number of anilines is 1. The van der Waals surface area contributed by atoms with Crippen LogP contribution in [0.25, 0.3) is 22.3 Å². The summed E-state index contributed by atoms with van der Waals surface area (Å²) in [4.78, 5) is 28.3. The molecule has 2 aliphatic heterocycles. The van der Waals surface area contributed by atoms with Gasteiger partial charge in [0, 0.05) is 44.3 Å². The summed E-state index contributed by atoms with van der Waals surface area (Å²) in [5.74, 6) is -0.296. The number of hydrogen-bond donors (Lipinski definition) is 1. The zero-order chi connectivity index (χ0) is 21.0. The molecule has 7 heteroatoms. The number of aromatic nitrogens is 2. The summed E-state index contributed by atoms with van der Waals surface area (Å²) in [5.41, 5.74) is 2.35. The van der Waals surface area contributed by atoms with E-state index in [0.29, 0.717) is 42.5 Å². The van der Waals surface area contributed by atoms with Crippen LogP contribution in [0.15, 0.2) is 35.3 Å². The van der Waals surface area contributed by atoms with E-state index in [1.807, 2.05) is 21.6 Å². The standard InChI is InChI=1S/C23H25FN4O2/c1-14(2)5-9-27-18-13-19(26-10-6-25-7-11-26)16(24)12-15(18)22(29)20-21(27)17-4-3-8-28(17)23(20)30/h3-4,8,12-14,25H,5-7,9-11H2,1-2H3. The number of aryl methyl sites for hydroxylation is 1. The predicted molar refractivity (Wildman–Crippen MR) is 116 cm³/mol. The molecular weight excluding hydrogens is 383 g/mol. The van der Waals surface area contributed by atoms with Gasteiger partial charge in [0.15, 0.2) is 0 Å². The minimum Gasteiger partial charge on any atom is -0.367 e. The van der Waals surface area contributed by atoms with Crippen LogP contribution in [0.1, 0.15) is 30.6 Å². The normalized spacial score (nSPS) is 15.9. The minimum absolute atomic E-state index is 0.149. The zero-order valence-corrected chi connectivity index (χ0v) is 17.2. The van der Waals surface area contributed by atoms with E-state index >= 15 is 4.39 Å². The smallest absolute Gasteiger partial charge is 0.268 e. The van der Waals surface area contributed by atoms with Gasteiger partial charge in [0.1, 0.15) is 11.4 Å². The van der Waals surface area contributed by atoms with E-state index in [2.05, 4.69) is 19.2 Å². The number of nitrogens with zero attached hydrogens (tertiary/aromatic N) is 3. The molecule has 1 aromatic carbocycles. The van der Waals surface area contributed by atoms with E-state index in [0.717, 1.165) is 25.2 Å². The molecule has 1 saturated heterocycles. The molecule has 0 atom stereocenters. The summed E-state index contributed by atoms with van der Waals surface area (Å²) in [7, 11) is 0. The number of nitrogens with one attached hydrogen (secondary N) is 1. The number of carbonyl (C=O) groups is 1. The molecule has 5 rings (SSSR count). The monoisotopic (exact) mass is 408 g/mol. The van der Waals surface area contributed by atoms with Gasteiger partial charge >= 0.3 is 0 Å². The maximum atomic E-state index is 15.1. The third kappa shape index (κ3) is 2.80. The summed E-state index contributed by atoms with van der Waals surface area (Å²) >= 11 is 0. The SMILES string of the molecule is CC(C)CCn1c2c(c(=O)c3cc(F)c(N4CCNCC4)cc31)C(=O)n1cccc1-2. The molecule has 3 aromatic rings. The maximum Gasteiger partial charge on any atom is 0.268 e. The van der Waals surface area contributed by atoms with Crippen molar-refractivity contribution in [1.82, 2.24) is 14.5 Å². The summed E-state index contributed by atoms with van der Waals surface area (Å²) in [6.45, 7) is 7.96. The third-order valence-corrected chi connectivity index (χ3v) is 6.15.